The van der Waals surface area contributed by atoms with Gasteiger partial charge in [-0.25, -0.2) is 9.19 Å². The van der Waals surface area contributed by atoms with Crippen LogP contribution in [0.3, 0.4) is 0 Å². The molecular weight excluding hydrogens is 357 g/mol. The molecule has 1 aromatic heterocycles. The molecule has 1 N–H and O–H groups in total. The first-order chi connectivity index (χ1) is 9.36. The van der Waals surface area contributed by atoms with Gasteiger partial charge in [-0.2, -0.15) is 13.2 Å². The molecule has 0 saturated carbocycles. The van der Waals surface area contributed by atoms with Crippen LogP contribution in [0.25, 0.3) is 0 Å². The summed E-state index contributed by atoms with van der Waals surface area (Å²) in [5.41, 5.74) is -0.778. The van der Waals surface area contributed by atoms with Crippen molar-refractivity contribution in [3.63, 3.8) is 0 Å². The molecular formula is C12H8BrF3N2OS. The van der Waals surface area contributed by atoms with Crippen LogP contribution in [0.1, 0.15) is 5.56 Å². The SMILES string of the molecule is O=S(Nc1ccc(Br)cn1)c1ccc(C(F)(F)F)cc1. The first kappa shape index (κ1) is 15.0. The van der Waals surface area contributed by atoms with Gasteiger partial charge in [0.2, 0.25) is 0 Å². The summed E-state index contributed by atoms with van der Waals surface area (Å²) in [4.78, 5) is 4.21. The van der Waals surface area contributed by atoms with Gasteiger partial charge in [-0.05, 0) is 52.3 Å². The number of hydrogen-bond acceptors (Lipinski definition) is 2. The minimum Gasteiger partial charge on any atom is -0.285 e. The second-order valence-electron chi connectivity index (χ2n) is 3.75. The predicted molar refractivity (Wildman–Crippen MR) is 73.4 cm³/mol. The molecule has 0 saturated heterocycles. The second-order valence-corrected chi connectivity index (χ2v) is 5.88. The lowest BCUT2D eigenvalue weighted by Gasteiger charge is -2.08. The van der Waals surface area contributed by atoms with Crippen molar-refractivity contribution >= 4 is 32.7 Å². The third-order valence-corrected chi connectivity index (χ3v) is 3.88. The molecule has 1 atom stereocenters. The summed E-state index contributed by atoms with van der Waals surface area (Å²) in [5, 5.41) is 0. The maximum absolute atomic E-state index is 12.4. The monoisotopic (exact) mass is 364 g/mol. The largest absolute Gasteiger partial charge is 0.416 e. The van der Waals surface area contributed by atoms with E-state index in [0.29, 0.717) is 5.82 Å². The molecule has 0 bridgehead atoms. The highest BCUT2D eigenvalue weighted by molar-refractivity contribution is 9.10. The Morgan fingerprint density at radius 1 is 1.10 bits per heavy atom. The number of benzene rings is 1. The smallest absolute Gasteiger partial charge is 0.285 e. The molecule has 0 radical (unpaired) electrons. The van der Waals surface area contributed by atoms with Crippen LogP contribution in [0, 0.1) is 0 Å². The van der Waals surface area contributed by atoms with E-state index < -0.39 is 22.7 Å². The first-order valence-corrected chi connectivity index (χ1v) is 7.28. The van der Waals surface area contributed by atoms with E-state index in [2.05, 4.69) is 25.6 Å². The number of alkyl halides is 3. The van der Waals surface area contributed by atoms with Gasteiger partial charge in [-0.1, -0.05) is 0 Å². The Hall–Kier alpha value is -1.41. The average molecular weight is 365 g/mol. The molecule has 1 unspecified atom stereocenters. The van der Waals surface area contributed by atoms with Crippen LogP contribution in [0.5, 0.6) is 0 Å². The molecule has 1 heterocycles. The van der Waals surface area contributed by atoms with Gasteiger partial charge < -0.3 is 0 Å². The molecule has 1 aromatic carbocycles. The van der Waals surface area contributed by atoms with Gasteiger partial charge in [0.25, 0.3) is 0 Å². The number of pyridine rings is 1. The lowest BCUT2D eigenvalue weighted by Crippen LogP contribution is -2.08. The molecule has 0 aliphatic carbocycles. The van der Waals surface area contributed by atoms with Crippen LogP contribution in [-0.2, 0) is 17.2 Å². The first-order valence-electron chi connectivity index (χ1n) is 5.33. The Kier molecular flexibility index (Phi) is 4.44. The minimum absolute atomic E-state index is 0.239. The number of halogens is 4. The molecule has 0 spiro atoms. The van der Waals surface area contributed by atoms with Gasteiger partial charge in [0.05, 0.1) is 10.5 Å². The van der Waals surface area contributed by atoms with Crippen molar-refractivity contribution in [1.82, 2.24) is 4.98 Å². The van der Waals surface area contributed by atoms with E-state index in [1.54, 1.807) is 12.1 Å². The van der Waals surface area contributed by atoms with Crippen molar-refractivity contribution in [3.05, 3.63) is 52.6 Å². The highest BCUT2D eigenvalue weighted by Gasteiger charge is 2.30. The Bertz CT molecular complexity index is 614. The quantitative estimate of drug-likeness (QED) is 0.894. The van der Waals surface area contributed by atoms with Gasteiger partial charge in [0, 0.05) is 10.7 Å². The molecule has 0 aliphatic rings. The van der Waals surface area contributed by atoms with E-state index in [9.17, 15) is 17.4 Å². The number of nitrogens with zero attached hydrogens (tertiary/aromatic N) is 1. The van der Waals surface area contributed by atoms with Crippen molar-refractivity contribution in [2.45, 2.75) is 11.1 Å². The maximum Gasteiger partial charge on any atom is 0.416 e. The molecule has 0 aliphatic heterocycles. The fourth-order valence-corrected chi connectivity index (χ4v) is 2.40. The molecule has 106 valence electrons. The number of nitrogens with one attached hydrogen (secondary N) is 1. The highest BCUT2D eigenvalue weighted by atomic mass is 79.9. The Morgan fingerprint density at radius 3 is 2.25 bits per heavy atom. The summed E-state index contributed by atoms with van der Waals surface area (Å²) in [5.74, 6) is 0.367. The van der Waals surface area contributed by atoms with E-state index >= 15 is 0 Å². The summed E-state index contributed by atoms with van der Waals surface area (Å²) < 4.78 is 52.5. The van der Waals surface area contributed by atoms with Crippen molar-refractivity contribution in [1.29, 1.82) is 0 Å². The average Bonchev–Trinajstić information content (AvgIpc) is 2.40. The number of rotatable bonds is 3. The molecule has 2 rings (SSSR count). The lowest BCUT2D eigenvalue weighted by molar-refractivity contribution is -0.137. The van der Waals surface area contributed by atoms with E-state index in [1.807, 2.05) is 0 Å². The van der Waals surface area contributed by atoms with Gasteiger partial charge in [0.1, 0.15) is 5.82 Å². The zero-order valence-electron chi connectivity index (χ0n) is 9.82. The predicted octanol–water partition coefficient (Wildman–Crippen LogP) is 4.00. The van der Waals surface area contributed by atoms with Crippen LogP contribution in [0.4, 0.5) is 19.0 Å². The van der Waals surface area contributed by atoms with Crippen molar-refractivity contribution < 1.29 is 17.4 Å². The van der Waals surface area contributed by atoms with Crippen LogP contribution in [0.15, 0.2) is 52.0 Å². The normalized spacial score (nSPS) is 13.0. The fraction of sp³-hybridized carbons (Fsp3) is 0.0833. The molecule has 0 amide bonds. The van der Waals surface area contributed by atoms with Crippen LogP contribution >= 0.6 is 15.9 Å². The molecule has 3 nitrogen and oxygen atoms in total. The summed E-state index contributed by atoms with van der Waals surface area (Å²) in [6.07, 6.45) is -2.88. The third-order valence-electron chi connectivity index (χ3n) is 2.32. The fourth-order valence-electron chi connectivity index (χ4n) is 1.36. The summed E-state index contributed by atoms with van der Waals surface area (Å²) in [7, 11) is -1.67. The van der Waals surface area contributed by atoms with Gasteiger partial charge in [0.15, 0.2) is 11.0 Å². The minimum atomic E-state index is -4.40. The number of anilines is 1. The molecule has 8 heteroatoms. The Labute approximate surface area is 123 Å². The Morgan fingerprint density at radius 2 is 1.75 bits per heavy atom. The maximum atomic E-state index is 12.4. The zero-order chi connectivity index (χ0) is 14.8. The standard InChI is InChI=1S/C12H8BrF3N2OS/c13-9-3-6-11(17-7-9)18-20(19)10-4-1-8(2-5-10)12(14,15)16/h1-7H,(H,17,18). The summed E-state index contributed by atoms with van der Waals surface area (Å²) in [6, 6.07) is 7.44. The van der Waals surface area contributed by atoms with E-state index in [0.717, 1.165) is 16.6 Å². The van der Waals surface area contributed by atoms with Crippen molar-refractivity contribution in [2.24, 2.45) is 0 Å². The van der Waals surface area contributed by atoms with Gasteiger partial charge in [-0.15, -0.1) is 0 Å². The number of aromatic nitrogens is 1. The molecule has 20 heavy (non-hydrogen) atoms. The lowest BCUT2D eigenvalue weighted by atomic mass is 10.2. The van der Waals surface area contributed by atoms with Gasteiger partial charge in [-0.3, -0.25) is 4.72 Å². The van der Waals surface area contributed by atoms with E-state index in [4.69, 9.17) is 0 Å². The van der Waals surface area contributed by atoms with E-state index in [1.165, 1.54) is 18.3 Å². The van der Waals surface area contributed by atoms with Gasteiger partial charge >= 0.3 is 6.18 Å². The molecule has 2 aromatic rings. The Balaban J connectivity index is 2.11. The summed E-state index contributed by atoms with van der Waals surface area (Å²) in [6.45, 7) is 0. The third kappa shape index (κ3) is 3.80. The number of hydrogen-bond donors (Lipinski definition) is 1. The van der Waals surface area contributed by atoms with Crippen molar-refractivity contribution in [2.75, 3.05) is 4.72 Å². The van der Waals surface area contributed by atoms with Crippen molar-refractivity contribution in [3.8, 4) is 0 Å². The highest BCUT2D eigenvalue weighted by Crippen LogP contribution is 2.29. The van der Waals surface area contributed by atoms with Crippen LogP contribution in [0.2, 0.25) is 0 Å². The summed E-state index contributed by atoms with van der Waals surface area (Å²) >= 11 is 3.21. The topological polar surface area (TPSA) is 42.0 Å². The molecule has 0 fully saturated rings. The van der Waals surface area contributed by atoms with E-state index in [-0.39, 0.29) is 4.90 Å². The zero-order valence-corrected chi connectivity index (χ0v) is 12.2. The second kappa shape index (κ2) is 5.92. The van der Waals surface area contributed by atoms with Crippen LogP contribution < -0.4 is 4.72 Å². The van der Waals surface area contributed by atoms with Crippen LogP contribution in [-0.4, -0.2) is 9.19 Å².